The quantitative estimate of drug-likeness (QED) is 0.505. The zero-order valence-electron chi connectivity index (χ0n) is 10.3. The van der Waals surface area contributed by atoms with Gasteiger partial charge in [0.15, 0.2) is 0 Å². The van der Waals surface area contributed by atoms with E-state index in [1.807, 2.05) is 0 Å². The van der Waals surface area contributed by atoms with E-state index in [2.05, 4.69) is 15.4 Å². The van der Waals surface area contributed by atoms with Crippen molar-refractivity contribution >= 4 is 23.2 Å². The smallest absolute Gasteiger partial charge is 0.271 e. The van der Waals surface area contributed by atoms with E-state index in [1.165, 1.54) is 18.2 Å². The number of non-ortho nitro benzene ring substituents is 1. The van der Waals surface area contributed by atoms with Crippen LogP contribution < -0.4 is 16.0 Å². The van der Waals surface area contributed by atoms with Gasteiger partial charge >= 0.3 is 0 Å². The highest BCUT2D eigenvalue weighted by molar-refractivity contribution is 6.32. The van der Waals surface area contributed by atoms with Crippen LogP contribution in [0.2, 0.25) is 5.02 Å². The molecule has 0 aliphatic carbocycles. The van der Waals surface area contributed by atoms with E-state index >= 15 is 0 Å². The topological polar surface area (TPSA) is 116 Å². The molecular weight excluding hydrogens is 286 g/mol. The first-order valence-electron chi connectivity index (χ1n) is 5.43. The SMILES string of the molecule is Cc1cc(Oc2ccc([N+](=O)[O-])cc2Cl)nc(NN)n1. The number of anilines is 1. The van der Waals surface area contributed by atoms with E-state index in [0.29, 0.717) is 5.69 Å². The highest BCUT2D eigenvalue weighted by atomic mass is 35.5. The van der Waals surface area contributed by atoms with Crippen LogP contribution in [0.25, 0.3) is 0 Å². The Morgan fingerprint density at radius 2 is 2.15 bits per heavy atom. The lowest BCUT2D eigenvalue weighted by atomic mass is 10.3. The monoisotopic (exact) mass is 295 g/mol. The molecule has 1 heterocycles. The first kappa shape index (κ1) is 14.0. The number of nitrogen functional groups attached to an aromatic ring is 1. The molecule has 0 unspecified atom stereocenters. The van der Waals surface area contributed by atoms with E-state index in [4.69, 9.17) is 22.2 Å². The lowest BCUT2D eigenvalue weighted by Gasteiger charge is -2.08. The summed E-state index contributed by atoms with van der Waals surface area (Å²) in [4.78, 5) is 18.1. The summed E-state index contributed by atoms with van der Waals surface area (Å²) in [5.41, 5.74) is 2.83. The summed E-state index contributed by atoms with van der Waals surface area (Å²) in [6.07, 6.45) is 0. The zero-order chi connectivity index (χ0) is 14.7. The van der Waals surface area contributed by atoms with Crippen molar-refractivity contribution in [3.8, 4) is 11.6 Å². The number of hydrogen-bond donors (Lipinski definition) is 2. The Hall–Kier alpha value is -2.45. The number of benzene rings is 1. The van der Waals surface area contributed by atoms with E-state index in [1.54, 1.807) is 13.0 Å². The number of halogens is 1. The van der Waals surface area contributed by atoms with Gasteiger partial charge in [-0.05, 0) is 13.0 Å². The molecule has 0 saturated heterocycles. The van der Waals surface area contributed by atoms with Crippen LogP contribution in [0.3, 0.4) is 0 Å². The van der Waals surface area contributed by atoms with Gasteiger partial charge in [0, 0.05) is 23.9 Å². The second kappa shape index (κ2) is 5.68. The molecule has 1 aromatic carbocycles. The van der Waals surface area contributed by atoms with Crippen molar-refractivity contribution in [1.82, 2.24) is 9.97 Å². The number of nitrogens with zero attached hydrogens (tertiary/aromatic N) is 3. The van der Waals surface area contributed by atoms with E-state index < -0.39 is 4.92 Å². The Morgan fingerprint density at radius 1 is 1.40 bits per heavy atom. The lowest BCUT2D eigenvalue weighted by Crippen LogP contribution is -2.11. The molecule has 0 aliphatic rings. The van der Waals surface area contributed by atoms with Crippen molar-refractivity contribution in [2.24, 2.45) is 5.84 Å². The summed E-state index contributed by atoms with van der Waals surface area (Å²) < 4.78 is 5.47. The van der Waals surface area contributed by atoms with Crippen molar-refractivity contribution in [1.29, 1.82) is 0 Å². The molecule has 0 atom stereocenters. The van der Waals surface area contributed by atoms with Gasteiger partial charge in [0.05, 0.1) is 9.95 Å². The molecule has 0 fully saturated rings. The number of ether oxygens (including phenoxy) is 1. The van der Waals surface area contributed by atoms with E-state index in [-0.39, 0.29) is 28.3 Å². The number of nitrogens with two attached hydrogens (primary N) is 1. The highest BCUT2D eigenvalue weighted by Gasteiger charge is 2.12. The molecule has 3 N–H and O–H groups in total. The van der Waals surface area contributed by atoms with Crippen LogP contribution >= 0.6 is 11.6 Å². The van der Waals surface area contributed by atoms with Crippen LogP contribution in [0.1, 0.15) is 5.69 Å². The molecule has 0 saturated carbocycles. The molecule has 9 heteroatoms. The predicted octanol–water partition coefficient (Wildman–Crippen LogP) is 2.42. The van der Waals surface area contributed by atoms with Crippen LogP contribution in [0.15, 0.2) is 24.3 Å². The highest BCUT2D eigenvalue weighted by Crippen LogP contribution is 2.31. The minimum absolute atomic E-state index is 0.109. The predicted molar refractivity (Wildman–Crippen MR) is 72.8 cm³/mol. The van der Waals surface area contributed by atoms with Gasteiger partial charge < -0.3 is 4.74 Å². The number of nitrogens with one attached hydrogen (secondary N) is 1. The van der Waals surface area contributed by atoms with Crippen LogP contribution in [0, 0.1) is 17.0 Å². The maximum Gasteiger partial charge on any atom is 0.271 e. The van der Waals surface area contributed by atoms with Gasteiger partial charge in [-0.15, -0.1) is 0 Å². The molecule has 0 bridgehead atoms. The standard InChI is InChI=1S/C11H10ClN5O3/c1-6-4-10(15-11(14-6)16-13)20-9-3-2-7(17(18)19)5-8(9)12/h2-5H,13H2,1H3,(H,14,15,16). The maximum absolute atomic E-state index is 10.6. The van der Waals surface area contributed by atoms with Crippen LogP contribution in [0.5, 0.6) is 11.6 Å². The van der Waals surface area contributed by atoms with Crippen molar-refractivity contribution in [3.63, 3.8) is 0 Å². The third kappa shape index (κ3) is 3.11. The minimum atomic E-state index is -0.541. The summed E-state index contributed by atoms with van der Waals surface area (Å²) >= 11 is 5.92. The second-order valence-corrected chi connectivity index (χ2v) is 4.20. The lowest BCUT2D eigenvalue weighted by molar-refractivity contribution is -0.384. The van der Waals surface area contributed by atoms with Crippen LogP contribution in [0.4, 0.5) is 11.6 Å². The first-order chi connectivity index (χ1) is 9.49. The van der Waals surface area contributed by atoms with Gasteiger partial charge in [-0.25, -0.2) is 10.8 Å². The molecule has 0 amide bonds. The van der Waals surface area contributed by atoms with E-state index in [0.717, 1.165) is 0 Å². The molecule has 8 nitrogen and oxygen atoms in total. The maximum atomic E-state index is 10.6. The molecule has 0 radical (unpaired) electrons. The normalized spacial score (nSPS) is 10.2. The molecule has 0 aliphatic heterocycles. The fraction of sp³-hybridized carbons (Fsp3) is 0.0909. The molecular formula is C11H10ClN5O3. The fourth-order valence-corrected chi connectivity index (χ4v) is 1.67. The number of aromatic nitrogens is 2. The second-order valence-electron chi connectivity index (χ2n) is 3.79. The summed E-state index contributed by atoms with van der Waals surface area (Å²) in [6.45, 7) is 1.74. The molecule has 20 heavy (non-hydrogen) atoms. The van der Waals surface area contributed by atoms with Crippen molar-refractivity contribution in [3.05, 3.63) is 45.1 Å². The Labute approximate surface area is 118 Å². The number of hydrogen-bond acceptors (Lipinski definition) is 7. The van der Waals surface area contributed by atoms with Crippen LogP contribution in [-0.4, -0.2) is 14.9 Å². The summed E-state index contributed by atoms with van der Waals surface area (Å²) in [5.74, 6) is 5.90. The van der Waals surface area contributed by atoms with Gasteiger partial charge in [0.2, 0.25) is 11.8 Å². The van der Waals surface area contributed by atoms with Crippen molar-refractivity contribution in [2.75, 3.05) is 5.43 Å². The van der Waals surface area contributed by atoms with Gasteiger partial charge in [-0.2, -0.15) is 4.98 Å². The Morgan fingerprint density at radius 3 is 2.75 bits per heavy atom. The average Bonchev–Trinajstić information content (AvgIpc) is 2.40. The Kier molecular flexibility index (Phi) is 3.97. The van der Waals surface area contributed by atoms with Crippen molar-refractivity contribution < 1.29 is 9.66 Å². The number of aryl methyl sites for hydroxylation is 1. The molecule has 1 aromatic heterocycles. The summed E-state index contributed by atoms with van der Waals surface area (Å²) in [7, 11) is 0. The average molecular weight is 296 g/mol. The van der Waals surface area contributed by atoms with Crippen LogP contribution in [-0.2, 0) is 0 Å². The van der Waals surface area contributed by atoms with Crippen molar-refractivity contribution in [2.45, 2.75) is 6.92 Å². The van der Waals surface area contributed by atoms with Gasteiger partial charge in [-0.3, -0.25) is 15.5 Å². The number of rotatable bonds is 4. The third-order valence-electron chi connectivity index (χ3n) is 2.30. The number of hydrazine groups is 1. The van der Waals surface area contributed by atoms with Gasteiger partial charge in [-0.1, -0.05) is 11.6 Å². The Balaban J connectivity index is 2.30. The summed E-state index contributed by atoms with van der Waals surface area (Å²) in [6, 6.07) is 5.47. The summed E-state index contributed by atoms with van der Waals surface area (Å²) in [5, 5.41) is 10.7. The molecule has 0 spiro atoms. The molecule has 2 rings (SSSR count). The molecule has 104 valence electrons. The number of nitro benzene ring substituents is 1. The van der Waals surface area contributed by atoms with Gasteiger partial charge in [0.25, 0.3) is 5.69 Å². The zero-order valence-corrected chi connectivity index (χ0v) is 11.1. The Bertz CT molecular complexity index is 665. The molecule has 2 aromatic rings. The minimum Gasteiger partial charge on any atom is -0.437 e. The number of nitro groups is 1. The van der Waals surface area contributed by atoms with Gasteiger partial charge in [0.1, 0.15) is 5.75 Å². The largest absolute Gasteiger partial charge is 0.437 e. The van der Waals surface area contributed by atoms with E-state index in [9.17, 15) is 10.1 Å². The fourth-order valence-electron chi connectivity index (χ4n) is 1.46. The third-order valence-corrected chi connectivity index (χ3v) is 2.60. The first-order valence-corrected chi connectivity index (χ1v) is 5.81.